The molecule has 0 saturated heterocycles. The number of alkyl halides is 3. The van der Waals surface area contributed by atoms with Crippen LogP contribution >= 0.6 is 0 Å². The van der Waals surface area contributed by atoms with E-state index in [4.69, 9.17) is 0 Å². The minimum Gasteiger partial charge on any atom is -0.374 e. The monoisotopic (exact) mass is 473 g/mol. The highest BCUT2D eigenvalue weighted by atomic mass is 19.4. The van der Waals surface area contributed by atoms with Gasteiger partial charge in [0.2, 0.25) is 11.5 Å². The van der Waals surface area contributed by atoms with E-state index in [2.05, 4.69) is 20.9 Å². The van der Waals surface area contributed by atoms with E-state index in [0.717, 1.165) is 10.8 Å². The van der Waals surface area contributed by atoms with Gasteiger partial charge in [-0.1, -0.05) is 25.5 Å². The molecule has 0 spiro atoms. The predicted molar refractivity (Wildman–Crippen MR) is 111 cm³/mol. The first-order chi connectivity index (χ1) is 15.5. The van der Waals surface area contributed by atoms with Crippen LogP contribution < -0.4 is 16.0 Å². The molecule has 0 bridgehead atoms. The van der Waals surface area contributed by atoms with Crippen LogP contribution in [0.25, 0.3) is 0 Å². The summed E-state index contributed by atoms with van der Waals surface area (Å²) in [4.78, 5) is 28.2. The number of carbonyl (C=O) groups excluding carboxylic acids is 2. The zero-order valence-corrected chi connectivity index (χ0v) is 18.2. The Morgan fingerprint density at radius 1 is 1.18 bits per heavy atom. The van der Waals surface area contributed by atoms with Crippen LogP contribution in [0.15, 0.2) is 36.7 Å². The number of aliphatic hydroxyl groups is 1. The fourth-order valence-corrected chi connectivity index (χ4v) is 3.19. The topological polar surface area (TPSA) is 108 Å². The number of amides is 3. The Bertz CT molecular complexity index is 933. The van der Waals surface area contributed by atoms with E-state index in [1.54, 1.807) is 6.92 Å². The summed E-state index contributed by atoms with van der Waals surface area (Å²) in [5.41, 5.74) is -2.61. The summed E-state index contributed by atoms with van der Waals surface area (Å²) in [6.45, 7) is 1.37. The second-order valence-electron chi connectivity index (χ2n) is 7.56. The summed E-state index contributed by atoms with van der Waals surface area (Å²) >= 11 is 0. The summed E-state index contributed by atoms with van der Waals surface area (Å²) in [5.74, 6) is -1.69. The van der Waals surface area contributed by atoms with E-state index < -0.39 is 54.4 Å². The molecule has 0 saturated carbocycles. The molecule has 182 valence electrons. The summed E-state index contributed by atoms with van der Waals surface area (Å²) in [5, 5.41) is 17.7. The van der Waals surface area contributed by atoms with Crippen LogP contribution in [0, 0.1) is 5.82 Å². The number of halogens is 4. The third kappa shape index (κ3) is 6.91. The third-order valence-electron chi connectivity index (χ3n) is 5.01. The maximum Gasteiger partial charge on any atom is 0.424 e. The minimum atomic E-state index is -5.02. The van der Waals surface area contributed by atoms with Crippen LogP contribution in [0.4, 0.5) is 22.4 Å². The fourth-order valence-electron chi connectivity index (χ4n) is 3.19. The van der Waals surface area contributed by atoms with E-state index in [9.17, 15) is 32.3 Å². The van der Waals surface area contributed by atoms with Crippen LogP contribution in [0.2, 0.25) is 0 Å². The van der Waals surface area contributed by atoms with E-state index >= 15 is 0 Å². The number of nitrogens with zero attached hydrogens (tertiary/aromatic N) is 2. The first-order valence-electron chi connectivity index (χ1n) is 10.3. The van der Waals surface area contributed by atoms with Crippen molar-refractivity contribution in [3.8, 4) is 0 Å². The van der Waals surface area contributed by atoms with Gasteiger partial charge in [-0.3, -0.25) is 4.79 Å². The second-order valence-corrected chi connectivity index (χ2v) is 7.56. The van der Waals surface area contributed by atoms with Gasteiger partial charge in [-0.05, 0) is 24.1 Å². The van der Waals surface area contributed by atoms with Crippen molar-refractivity contribution >= 4 is 11.9 Å². The molecule has 0 radical (unpaired) electrons. The Hall–Kier alpha value is -3.15. The third-order valence-corrected chi connectivity index (χ3v) is 5.01. The Morgan fingerprint density at radius 2 is 1.85 bits per heavy atom. The SMILES string of the molecule is CCCC(NC(=O)NCc1ccc(F)cc1)C(=O)NCCC(O)(c1nccn1C)C(F)(F)F. The van der Waals surface area contributed by atoms with Crippen LogP contribution in [0.5, 0.6) is 0 Å². The molecule has 2 unspecified atom stereocenters. The van der Waals surface area contributed by atoms with E-state index in [0.29, 0.717) is 12.0 Å². The zero-order chi connectivity index (χ0) is 24.6. The molecule has 33 heavy (non-hydrogen) atoms. The molecule has 0 fully saturated rings. The maximum atomic E-state index is 13.6. The summed E-state index contributed by atoms with van der Waals surface area (Å²) in [6, 6.07) is 3.83. The van der Waals surface area contributed by atoms with E-state index in [1.165, 1.54) is 37.5 Å². The Balaban J connectivity index is 1.93. The van der Waals surface area contributed by atoms with Gasteiger partial charge < -0.3 is 25.6 Å². The fraction of sp³-hybridized carbons (Fsp3) is 0.476. The van der Waals surface area contributed by atoms with E-state index in [1.807, 2.05) is 0 Å². The molecule has 2 aromatic rings. The molecule has 8 nitrogen and oxygen atoms in total. The zero-order valence-electron chi connectivity index (χ0n) is 18.2. The molecule has 1 heterocycles. The first kappa shape index (κ1) is 26.1. The van der Waals surface area contributed by atoms with Crippen molar-refractivity contribution in [2.45, 2.75) is 50.6 Å². The number of aryl methyl sites for hydroxylation is 1. The average Bonchev–Trinajstić information content (AvgIpc) is 3.18. The number of benzene rings is 1. The smallest absolute Gasteiger partial charge is 0.374 e. The summed E-state index contributed by atoms with van der Waals surface area (Å²) in [6.07, 6.45) is -2.69. The number of urea groups is 1. The Morgan fingerprint density at radius 3 is 2.39 bits per heavy atom. The molecule has 1 aromatic heterocycles. The highest BCUT2D eigenvalue weighted by molar-refractivity contribution is 5.86. The van der Waals surface area contributed by atoms with Gasteiger partial charge in [-0.2, -0.15) is 13.2 Å². The lowest BCUT2D eigenvalue weighted by Crippen LogP contribution is -2.51. The molecular formula is C21H27F4N5O3. The van der Waals surface area contributed by atoms with Crippen molar-refractivity contribution in [1.82, 2.24) is 25.5 Å². The number of carbonyl (C=O) groups is 2. The minimum absolute atomic E-state index is 0.0921. The number of imidazole rings is 1. The lowest BCUT2D eigenvalue weighted by atomic mass is 9.97. The van der Waals surface area contributed by atoms with Crippen molar-refractivity contribution in [3.05, 3.63) is 53.9 Å². The lowest BCUT2D eigenvalue weighted by Gasteiger charge is -2.30. The molecule has 0 aliphatic carbocycles. The predicted octanol–water partition coefficient (Wildman–Crippen LogP) is 2.48. The normalized spacial score (nSPS) is 14.3. The number of nitrogens with one attached hydrogen (secondary N) is 3. The molecule has 2 atom stereocenters. The molecule has 1 aromatic carbocycles. The Labute approximate surface area is 188 Å². The molecule has 0 aliphatic heterocycles. The van der Waals surface area contributed by atoms with Gasteiger partial charge in [-0.15, -0.1) is 0 Å². The largest absolute Gasteiger partial charge is 0.424 e. The van der Waals surface area contributed by atoms with Gasteiger partial charge in [0, 0.05) is 39.0 Å². The molecular weight excluding hydrogens is 446 g/mol. The van der Waals surface area contributed by atoms with Crippen molar-refractivity contribution in [2.75, 3.05) is 6.54 Å². The van der Waals surface area contributed by atoms with Gasteiger partial charge in [0.05, 0.1) is 0 Å². The Kier molecular flexibility index (Phi) is 8.80. The summed E-state index contributed by atoms with van der Waals surface area (Å²) in [7, 11) is 1.32. The highest BCUT2D eigenvalue weighted by Gasteiger charge is 2.57. The number of hydrogen-bond donors (Lipinski definition) is 4. The number of rotatable bonds is 10. The van der Waals surface area contributed by atoms with Crippen molar-refractivity contribution in [3.63, 3.8) is 0 Å². The van der Waals surface area contributed by atoms with Gasteiger partial charge in [0.25, 0.3) is 0 Å². The van der Waals surface area contributed by atoms with Gasteiger partial charge in [0.15, 0.2) is 0 Å². The van der Waals surface area contributed by atoms with Gasteiger partial charge in [0.1, 0.15) is 17.7 Å². The average molecular weight is 473 g/mol. The number of hydrogen-bond acceptors (Lipinski definition) is 4. The summed E-state index contributed by atoms with van der Waals surface area (Å²) < 4.78 is 54.7. The van der Waals surface area contributed by atoms with Crippen LogP contribution in [-0.4, -0.2) is 45.4 Å². The van der Waals surface area contributed by atoms with Gasteiger partial charge >= 0.3 is 12.2 Å². The standard InChI is InChI=1S/C21H27F4N5O3/c1-3-4-16(29-19(32)28-13-14-5-7-15(22)8-6-14)17(31)26-10-9-20(33,21(23,24)25)18-27-11-12-30(18)2/h5-8,11-12,16,33H,3-4,9-10,13H2,1-2H3,(H,26,31)(H2,28,29,32). The molecule has 2 rings (SSSR count). The maximum absolute atomic E-state index is 13.6. The van der Waals surface area contributed by atoms with Crippen LogP contribution in [-0.2, 0) is 24.0 Å². The molecule has 12 heteroatoms. The van der Waals surface area contributed by atoms with Crippen LogP contribution in [0.1, 0.15) is 37.6 Å². The first-order valence-corrected chi connectivity index (χ1v) is 10.3. The van der Waals surface area contributed by atoms with Crippen LogP contribution in [0.3, 0.4) is 0 Å². The quantitative estimate of drug-likeness (QED) is 0.398. The van der Waals surface area contributed by atoms with Crippen molar-refractivity contribution in [1.29, 1.82) is 0 Å². The number of aromatic nitrogens is 2. The molecule has 0 aliphatic rings. The highest BCUT2D eigenvalue weighted by Crippen LogP contribution is 2.40. The van der Waals surface area contributed by atoms with Gasteiger partial charge in [-0.25, -0.2) is 14.2 Å². The van der Waals surface area contributed by atoms with Crippen molar-refractivity contribution in [2.24, 2.45) is 7.05 Å². The van der Waals surface area contributed by atoms with Crippen molar-refractivity contribution < 1.29 is 32.3 Å². The lowest BCUT2D eigenvalue weighted by molar-refractivity contribution is -0.272. The molecule has 4 N–H and O–H groups in total. The molecule has 3 amide bonds. The second kappa shape index (κ2) is 11.1. The van der Waals surface area contributed by atoms with E-state index in [-0.39, 0.29) is 13.0 Å².